The number of benzene rings is 1. The largest absolute Gasteiger partial charge is 0.467 e. The number of methoxy groups -OCH3 is 1. The van der Waals surface area contributed by atoms with E-state index in [1.54, 1.807) is 0 Å². The van der Waals surface area contributed by atoms with E-state index in [1.807, 2.05) is 0 Å². The van der Waals surface area contributed by atoms with Crippen molar-refractivity contribution in [2.75, 3.05) is 13.7 Å². The van der Waals surface area contributed by atoms with Gasteiger partial charge in [0.25, 0.3) is 5.91 Å². The van der Waals surface area contributed by atoms with Gasteiger partial charge < -0.3 is 15.2 Å². The Bertz CT molecular complexity index is 461. The van der Waals surface area contributed by atoms with Crippen LogP contribution in [0.5, 0.6) is 0 Å². The number of carbonyl (C=O) groups is 2. The fraction of sp³-hybridized carbons (Fsp3) is 0.333. The third-order valence-corrected chi connectivity index (χ3v) is 2.39. The number of amides is 1. The zero-order valence-corrected chi connectivity index (χ0v) is 10.1. The number of hydrogen-bond acceptors (Lipinski definition) is 4. The zero-order chi connectivity index (χ0) is 13.7. The van der Waals surface area contributed by atoms with E-state index < -0.39 is 30.3 Å². The van der Waals surface area contributed by atoms with Gasteiger partial charge in [0.2, 0.25) is 0 Å². The Hall–Kier alpha value is -1.95. The number of aryl methyl sites for hydroxylation is 1. The maximum Gasteiger partial charge on any atom is 0.330 e. The van der Waals surface area contributed by atoms with Gasteiger partial charge in [-0.15, -0.1) is 0 Å². The fourth-order valence-corrected chi connectivity index (χ4v) is 1.35. The number of rotatable bonds is 4. The number of aliphatic hydroxyl groups excluding tert-OH is 1. The van der Waals surface area contributed by atoms with Gasteiger partial charge in [-0.3, -0.25) is 4.79 Å². The van der Waals surface area contributed by atoms with Crippen LogP contribution >= 0.6 is 0 Å². The monoisotopic (exact) mass is 255 g/mol. The van der Waals surface area contributed by atoms with Crippen LogP contribution in [0.2, 0.25) is 0 Å². The van der Waals surface area contributed by atoms with Crippen molar-refractivity contribution in [3.05, 3.63) is 35.1 Å². The number of hydrogen-bond donors (Lipinski definition) is 2. The van der Waals surface area contributed by atoms with Crippen LogP contribution < -0.4 is 5.32 Å². The van der Waals surface area contributed by atoms with Gasteiger partial charge in [-0.25, -0.2) is 9.18 Å². The van der Waals surface area contributed by atoms with Crippen molar-refractivity contribution in [2.45, 2.75) is 13.0 Å². The molecule has 18 heavy (non-hydrogen) atoms. The van der Waals surface area contributed by atoms with E-state index in [-0.39, 0.29) is 5.56 Å². The highest BCUT2D eigenvalue weighted by molar-refractivity contribution is 5.96. The lowest BCUT2D eigenvalue weighted by Gasteiger charge is -2.14. The predicted molar refractivity (Wildman–Crippen MR) is 61.5 cm³/mol. The number of nitrogens with one attached hydrogen (secondary N) is 1. The molecule has 1 aromatic carbocycles. The maximum atomic E-state index is 13.0. The van der Waals surface area contributed by atoms with E-state index in [0.717, 1.165) is 13.2 Å². The first kappa shape index (κ1) is 14.1. The van der Waals surface area contributed by atoms with Crippen LogP contribution in [-0.2, 0) is 9.53 Å². The first-order valence-electron chi connectivity index (χ1n) is 5.25. The topological polar surface area (TPSA) is 75.6 Å². The Morgan fingerprint density at radius 1 is 1.50 bits per heavy atom. The molecule has 0 bridgehead atoms. The quantitative estimate of drug-likeness (QED) is 0.763. The molecule has 0 aliphatic rings. The van der Waals surface area contributed by atoms with Crippen LogP contribution in [0.25, 0.3) is 0 Å². The lowest BCUT2D eigenvalue weighted by molar-refractivity contribution is -0.143. The molecule has 0 saturated carbocycles. The second kappa shape index (κ2) is 6.11. The minimum atomic E-state index is -1.13. The van der Waals surface area contributed by atoms with Gasteiger partial charge in [-0.05, 0) is 30.7 Å². The van der Waals surface area contributed by atoms with Gasteiger partial charge in [0.05, 0.1) is 13.7 Å². The Morgan fingerprint density at radius 3 is 2.67 bits per heavy atom. The molecular formula is C12H14FNO4. The highest BCUT2D eigenvalue weighted by Crippen LogP contribution is 2.09. The molecule has 1 rings (SSSR count). The van der Waals surface area contributed by atoms with Crippen LogP contribution in [0.1, 0.15) is 15.9 Å². The van der Waals surface area contributed by atoms with Gasteiger partial charge in [0.15, 0.2) is 6.04 Å². The van der Waals surface area contributed by atoms with Crippen LogP contribution in [0.15, 0.2) is 18.2 Å². The van der Waals surface area contributed by atoms with Crippen molar-refractivity contribution in [3.8, 4) is 0 Å². The summed E-state index contributed by atoms with van der Waals surface area (Å²) in [5.41, 5.74) is 0.525. The van der Waals surface area contributed by atoms with Crippen molar-refractivity contribution in [2.24, 2.45) is 0 Å². The molecular weight excluding hydrogens is 241 g/mol. The van der Waals surface area contributed by atoms with E-state index in [4.69, 9.17) is 5.11 Å². The lowest BCUT2D eigenvalue weighted by atomic mass is 10.1. The van der Waals surface area contributed by atoms with Crippen LogP contribution in [0, 0.1) is 12.7 Å². The highest BCUT2D eigenvalue weighted by atomic mass is 19.1. The van der Waals surface area contributed by atoms with E-state index in [0.29, 0.717) is 5.56 Å². The van der Waals surface area contributed by atoms with E-state index >= 15 is 0 Å². The first-order chi connectivity index (χ1) is 8.49. The molecule has 0 fully saturated rings. The highest BCUT2D eigenvalue weighted by Gasteiger charge is 2.21. The van der Waals surface area contributed by atoms with Gasteiger partial charge >= 0.3 is 5.97 Å². The number of esters is 1. The molecule has 0 spiro atoms. The molecule has 1 amide bonds. The lowest BCUT2D eigenvalue weighted by Crippen LogP contribution is -2.44. The molecule has 98 valence electrons. The molecule has 0 heterocycles. The second-order valence-corrected chi connectivity index (χ2v) is 3.70. The summed E-state index contributed by atoms with van der Waals surface area (Å²) in [6, 6.07) is 2.68. The Kier molecular flexibility index (Phi) is 4.79. The number of ether oxygens (including phenoxy) is 1. The van der Waals surface area contributed by atoms with Crippen molar-refractivity contribution < 1.29 is 23.8 Å². The zero-order valence-electron chi connectivity index (χ0n) is 10.1. The molecule has 2 N–H and O–H groups in total. The summed E-state index contributed by atoms with van der Waals surface area (Å²) in [5.74, 6) is -1.74. The minimum Gasteiger partial charge on any atom is -0.467 e. The van der Waals surface area contributed by atoms with Gasteiger partial charge in [-0.1, -0.05) is 0 Å². The third kappa shape index (κ3) is 3.27. The van der Waals surface area contributed by atoms with Crippen LogP contribution in [0.4, 0.5) is 4.39 Å². The van der Waals surface area contributed by atoms with E-state index in [1.165, 1.54) is 19.1 Å². The van der Waals surface area contributed by atoms with Crippen molar-refractivity contribution in [1.82, 2.24) is 5.32 Å². The Morgan fingerprint density at radius 2 is 2.17 bits per heavy atom. The normalized spacial score (nSPS) is 11.8. The van der Waals surface area contributed by atoms with E-state index in [9.17, 15) is 14.0 Å². The summed E-state index contributed by atoms with van der Waals surface area (Å²) in [4.78, 5) is 22.9. The fourth-order valence-electron chi connectivity index (χ4n) is 1.35. The molecule has 1 atom stereocenters. The number of carbonyl (C=O) groups excluding carboxylic acids is 2. The molecule has 1 unspecified atom stereocenters. The predicted octanol–water partition coefficient (Wildman–Crippen LogP) is 0.398. The van der Waals surface area contributed by atoms with E-state index in [2.05, 4.69) is 10.1 Å². The summed E-state index contributed by atoms with van der Waals surface area (Å²) in [6.45, 7) is 0.953. The third-order valence-electron chi connectivity index (χ3n) is 2.39. The Labute approximate surface area is 104 Å². The van der Waals surface area contributed by atoms with Crippen molar-refractivity contribution in [1.29, 1.82) is 0 Å². The molecule has 1 aromatic rings. The SMILES string of the molecule is COC(=O)C(CO)NC(=O)c1ccc(F)c(C)c1. The summed E-state index contributed by atoms with van der Waals surface area (Å²) in [5, 5.41) is 11.2. The summed E-state index contributed by atoms with van der Waals surface area (Å²) >= 11 is 0. The molecule has 0 aliphatic carbocycles. The van der Waals surface area contributed by atoms with Crippen LogP contribution in [-0.4, -0.2) is 36.7 Å². The second-order valence-electron chi connectivity index (χ2n) is 3.70. The Balaban J connectivity index is 2.81. The van der Waals surface area contributed by atoms with Crippen molar-refractivity contribution in [3.63, 3.8) is 0 Å². The van der Waals surface area contributed by atoms with Gasteiger partial charge in [0, 0.05) is 5.56 Å². The smallest absolute Gasteiger partial charge is 0.330 e. The van der Waals surface area contributed by atoms with Gasteiger partial charge in [0.1, 0.15) is 5.82 Å². The van der Waals surface area contributed by atoms with Crippen LogP contribution in [0.3, 0.4) is 0 Å². The van der Waals surface area contributed by atoms with Gasteiger partial charge in [-0.2, -0.15) is 0 Å². The van der Waals surface area contributed by atoms with Crippen molar-refractivity contribution >= 4 is 11.9 Å². The molecule has 0 aromatic heterocycles. The minimum absolute atomic E-state index is 0.205. The summed E-state index contributed by atoms with van der Waals surface area (Å²) in [7, 11) is 1.15. The maximum absolute atomic E-state index is 13.0. The average Bonchev–Trinajstić information content (AvgIpc) is 2.37. The summed E-state index contributed by atoms with van der Waals surface area (Å²) < 4.78 is 17.4. The molecule has 6 heteroatoms. The first-order valence-corrected chi connectivity index (χ1v) is 5.25. The number of halogens is 1. The molecule has 0 radical (unpaired) electrons. The number of aliphatic hydroxyl groups is 1. The average molecular weight is 255 g/mol. The molecule has 0 aliphatic heterocycles. The summed E-state index contributed by atoms with van der Waals surface area (Å²) in [6.07, 6.45) is 0. The molecule has 5 nitrogen and oxygen atoms in total. The molecule has 0 saturated heterocycles. The standard InChI is InChI=1S/C12H14FNO4/c1-7-5-8(3-4-9(7)13)11(16)14-10(6-15)12(17)18-2/h3-5,10,15H,6H2,1-2H3,(H,14,16).